The van der Waals surface area contributed by atoms with Crippen LogP contribution in [0.25, 0.3) is 22.0 Å². The van der Waals surface area contributed by atoms with Crippen molar-refractivity contribution in [3.8, 4) is 16.9 Å². The number of nitrogens with one attached hydrogen (secondary N) is 1. The van der Waals surface area contributed by atoms with Crippen LogP contribution in [-0.2, 0) is 14.9 Å². The average molecular weight is 489 g/mol. The Balaban J connectivity index is 1.40. The van der Waals surface area contributed by atoms with Gasteiger partial charge in [-0.2, -0.15) is 8.42 Å². The molecule has 5 rings (SSSR count). The third kappa shape index (κ3) is 4.57. The summed E-state index contributed by atoms with van der Waals surface area (Å²) in [5.41, 5.74) is 6.03. The summed E-state index contributed by atoms with van der Waals surface area (Å²) in [6.07, 6.45) is -0.711. The quantitative estimate of drug-likeness (QED) is 0.353. The van der Waals surface area contributed by atoms with E-state index in [1.54, 1.807) is 12.1 Å². The minimum atomic E-state index is -3.81. The Morgan fingerprint density at radius 1 is 0.971 bits per heavy atom. The molecule has 1 aliphatic carbocycles. The molecule has 4 aromatic rings. The monoisotopic (exact) mass is 488 g/mol. The molecule has 35 heavy (non-hydrogen) atoms. The number of pyridine rings is 1. The van der Waals surface area contributed by atoms with Crippen molar-refractivity contribution in [3.63, 3.8) is 0 Å². The van der Waals surface area contributed by atoms with E-state index >= 15 is 0 Å². The maximum absolute atomic E-state index is 12.8. The summed E-state index contributed by atoms with van der Waals surface area (Å²) in [4.78, 5) is 17.3. The zero-order chi connectivity index (χ0) is 24.6. The first kappa shape index (κ1) is 22.9. The number of hydrogen-bond donors (Lipinski definition) is 1. The number of carbonyl (C=O) groups excluding carboxylic acids is 1. The Morgan fingerprint density at radius 3 is 2.29 bits per heavy atom. The fourth-order valence-corrected chi connectivity index (χ4v) is 4.89. The van der Waals surface area contributed by atoms with Gasteiger partial charge in [0.25, 0.3) is 0 Å². The highest BCUT2D eigenvalue weighted by molar-refractivity contribution is 7.87. The van der Waals surface area contributed by atoms with E-state index in [-0.39, 0.29) is 29.7 Å². The summed E-state index contributed by atoms with van der Waals surface area (Å²) in [6, 6.07) is 22.9. The predicted octanol–water partition coefficient (Wildman–Crippen LogP) is 5.63. The maximum Gasteiger partial charge on any atom is 0.411 e. The topological polar surface area (TPSA) is 94.6 Å². The predicted molar refractivity (Wildman–Crippen MR) is 135 cm³/mol. The number of nitrogens with zero attached hydrogens (tertiary/aromatic N) is 1. The second kappa shape index (κ2) is 9.03. The molecule has 1 amide bonds. The third-order valence-electron chi connectivity index (χ3n) is 6.08. The zero-order valence-corrected chi connectivity index (χ0v) is 20.1. The molecule has 0 saturated carbocycles. The van der Waals surface area contributed by atoms with Gasteiger partial charge in [0.15, 0.2) is 5.75 Å². The highest BCUT2D eigenvalue weighted by Crippen LogP contribution is 2.44. The number of amides is 1. The number of aryl methyl sites for hydroxylation is 1. The van der Waals surface area contributed by atoms with E-state index in [9.17, 15) is 13.2 Å². The lowest BCUT2D eigenvalue weighted by atomic mass is 9.98. The second-order valence-corrected chi connectivity index (χ2v) is 10.2. The average Bonchev–Trinajstić information content (AvgIpc) is 3.17. The zero-order valence-electron chi connectivity index (χ0n) is 19.3. The van der Waals surface area contributed by atoms with Crippen molar-refractivity contribution >= 4 is 32.8 Å². The molecule has 0 bridgehead atoms. The number of anilines is 1. The molecule has 1 N–H and O–H groups in total. The van der Waals surface area contributed by atoms with E-state index in [4.69, 9.17) is 8.92 Å². The molecule has 0 unspecified atom stereocenters. The van der Waals surface area contributed by atoms with Crippen molar-refractivity contribution in [3.05, 3.63) is 89.6 Å². The molecular formula is C27H24N2O5S. The van der Waals surface area contributed by atoms with Gasteiger partial charge in [-0.05, 0) is 54.3 Å². The van der Waals surface area contributed by atoms with Crippen LogP contribution in [-0.4, -0.2) is 31.9 Å². The minimum absolute atomic E-state index is 0.0125. The van der Waals surface area contributed by atoms with Crippen LogP contribution in [0.2, 0.25) is 0 Å². The van der Waals surface area contributed by atoms with Gasteiger partial charge in [-0.1, -0.05) is 54.6 Å². The molecule has 8 heteroatoms. The van der Waals surface area contributed by atoms with Crippen LogP contribution in [0.15, 0.2) is 72.8 Å². The maximum atomic E-state index is 12.8. The number of fused-ring (bicyclic) bond motifs is 4. The van der Waals surface area contributed by atoms with Crippen LogP contribution in [0.5, 0.6) is 5.75 Å². The van der Waals surface area contributed by atoms with Gasteiger partial charge in [-0.3, -0.25) is 10.3 Å². The first-order valence-electron chi connectivity index (χ1n) is 11.3. The van der Waals surface area contributed by atoms with E-state index in [2.05, 4.69) is 22.4 Å². The first-order valence-corrected chi connectivity index (χ1v) is 12.9. The van der Waals surface area contributed by atoms with Crippen molar-refractivity contribution in [2.75, 3.05) is 17.7 Å². The highest BCUT2D eigenvalue weighted by atomic mass is 32.2. The van der Waals surface area contributed by atoms with E-state index in [1.807, 2.05) is 55.5 Å². The van der Waals surface area contributed by atoms with Gasteiger partial charge in [0.2, 0.25) is 0 Å². The molecule has 7 nitrogen and oxygen atoms in total. The molecular weight excluding hydrogens is 464 g/mol. The van der Waals surface area contributed by atoms with E-state index in [0.29, 0.717) is 10.9 Å². The molecule has 1 heterocycles. The summed E-state index contributed by atoms with van der Waals surface area (Å²) in [6.45, 7) is 3.47. The summed E-state index contributed by atoms with van der Waals surface area (Å²) in [7, 11) is -3.81. The molecule has 0 spiro atoms. The second-order valence-electron chi connectivity index (χ2n) is 8.37. The molecule has 0 saturated heterocycles. The van der Waals surface area contributed by atoms with Crippen molar-refractivity contribution in [1.29, 1.82) is 0 Å². The SMILES string of the molecule is CCS(=O)(=O)Oc1cc2ccc(C)nc2cc1NC(=O)OCC1c2ccccc2-c2ccccc21. The van der Waals surface area contributed by atoms with E-state index < -0.39 is 16.2 Å². The van der Waals surface area contributed by atoms with Crippen LogP contribution in [0.1, 0.15) is 29.7 Å². The Labute approximate surface area is 203 Å². The fourth-order valence-electron chi connectivity index (χ4n) is 4.36. The van der Waals surface area contributed by atoms with E-state index in [0.717, 1.165) is 27.9 Å². The molecule has 0 radical (unpaired) electrons. The van der Waals surface area contributed by atoms with Crippen molar-refractivity contribution < 1.29 is 22.1 Å². The van der Waals surface area contributed by atoms with Gasteiger partial charge in [0.05, 0.1) is 17.0 Å². The highest BCUT2D eigenvalue weighted by Gasteiger charge is 2.29. The Kier molecular flexibility index (Phi) is 5.90. The smallest absolute Gasteiger partial charge is 0.411 e. The lowest BCUT2D eigenvalue weighted by molar-refractivity contribution is 0.158. The van der Waals surface area contributed by atoms with Crippen LogP contribution < -0.4 is 9.50 Å². The number of rotatable bonds is 6. The lowest BCUT2D eigenvalue weighted by Gasteiger charge is -2.16. The standard InChI is InChI=1S/C27H24N2O5S/c1-3-35(31,32)34-26-14-18-13-12-17(2)28-24(18)15-25(26)29-27(30)33-16-23-21-10-6-4-8-19(21)20-9-5-7-11-22(20)23/h4-15,23H,3,16H2,1-2H3,(H,29,30). The summed E-state index contributed by atoms with van der Waals surface area (Å²) < 4.78 is 35.2. The number of aromatic nitrogens is 1. The summed E-state index contributed by atoms with van der Waals surface area (Å²) >= 11 is 0. The van der Waals surface area contributed by atoms with Crippen molar-refractivity contribution in [1.82, 2.24) is 4.98 Å². The molecule has 178 valence electrons. The number of benzene rings is 3. The molecule has 3 aromatic carbocycles. The summed E-state index contributed by atoms with van der Waals surface area (Å²) in [5, 5.41) is 3.34. The fraction of sp³-hybridized carbons (Fsp3) is 0.185. The molecule has 0 aliphatic heterocycles. The van der Waals surface area contributed by atoms with Gasteiger partial charge < -0.3 is 8.92 Å². The first-order chi connectivity index (χ1) is 16.8. The number of carbonyl (C=O) groups is 1. The molecule has 0 fully saturated rings. The van der Waals surface area contributed by atoms with Gasteiger partial charge in [0, 0.05) is 17.0 Å². The van der Waals surface area contributed by atoms with Crippen LogP contribution in [0, 0.1) is 6.92 Å². The number of hydrogen-bond acceptors (Lipinski definition) is 6. The normalized spacial score (nSPS) is 12.7. The van der Waals surface area contributed by atoms with Crippen LogP contribution in [0.4, 0.5) is 10.5 Å². The molecule has 0 atom stereocenters. The number of ether oxygens (including phenoxy) is 1. The molecule has 1 aromatic heterocycles. The van der Waals surface area contributed by atoms with Crippen molar-refractivity contribution in [2.45, 2.75) is 19.8 Å². The summed E-state index contributed by atoms with van der Waals surface area (Å²) in [5.74, 6) is -0.287. The third-order valence-corrected chi connectivity index (χ3v) is 7.22. The Morgan fingerprint density at radius 2 is 1.63 bits per heavy atom. The Hall–Kier alpha value is -3.91. The Bertz CT molecular complexity index is 1500. The van der Waals surface area contributed by atoms with Crippen LogP contribution in [0.3, 0.4) is 0 Å². The van der Waals surface area contributed by atoms with Gasteiger partial charge >= 0.3 is 16.2 Å². The lowest BCUT2D eigenvalue weighted by Crippen LogP contribution is -2.19. The molecule has 1 aliphatic rings. The minimum Gasteiger partial charge on any atom is -0.448 e. The van der Waals surface area contributed by atoms with Gasteiger partial charge in [-0.25, -0.2) is 4.79 Å². The van der Waals surface area contributed by atoms with E-state index in [1.165, 1.54) is 6.92 Å². The van der Waals surface area contributed by atoms with Gasteiger partial charge in [0.1, 0.15) is 6.61 Å². The van der Waals surface area contributed by atoms with Gasteiger partial charge in [-0.15, -0.1) is 0 Å². The van der Waals surface area contributed by atoms with Crippen LogP contribution >= 0.6 is 0 Å². The largest absolute Gasteiger partial charge is 0.448 e. The van der Waals surface area contributed by atoms with Crippen molar-refractivity contribution in [2.24, 2.45) is 0 Å².